The summed E-state index contributed by atoms with van der Waals surface area (Å²) in [4.78, 5) is 17.4. The maximum atomic E-state index is 13.3. The van der Waals surface area contributed by atoms with E-state index in [-0.39, 0.29) is 17.1 Å². The molecule has 0 bridgehead atoms. The fraction of sp³-hybridized carbons (Fsp3) is 0.632. The molecule has 3 fully saturated rings. The Morgan fingerprint density at radius 3 is 2.78 bits per heavy atom. The Morgan fingerprint density at radius 2 is 2.04 bits per heavy atom. The van der Waals surface area contributed by atoms with E-state index < -0.39 is 0 Å². The van der Waals surface area contributed by atoms with Crippen LogP contribution in [0.1, 0.15) is 37.7 Å². The van der Waals surface area contributed by atoms with E-state index >= 15 is 0 Å². The van der Waals surface area contributed by atoms with E-state index in [0.717, 1.165) is 44.0 Å². The molecule has 2 aliphatic heterocycles. The lowest BCUT2D eigenvalue weighted by molar-refractivity contribution is -0.136. The minimum atomic E-state index is -0.226. The highest BCUT2D eigenvalue weighted by Crippen LogP contribution is 2.42. The minimum Gasteiger partial charge on any atom is -0.338 e. The molecule has 4 rings (SSSR count). The van der Waals surface area contributed by atoms with Crippen LogP contribution in [0.4, 0.5) is 4.39 Å². The summed E-state index contributed by atoms with van der Waals surface area (Å²) >= 11 is 0. The molecule has 0 radical (unpaired) electrons. The quantitative estimate of drug-likeness (QED) is 0.852. The first-order chi connectivity index (χ1) is 11.1. The van der Waals surface area contributed by atoms with Gasteiger partial charge in [-0.2, -0.15) is 0 Å². The number of amides is 1. The smallest absolute Gasteiger partial charge is 0.230 e. The van der Waals surface area contributed by atoms with Gasteiger partial charge in [-0.15, -0.1) is 0 Å². The third kappa shape index (κ3) is 2.89. The van der Waals surface area contributed by atoms with E-state index in [2.05, 4.69) is 4.90 Å². The molecular formula is C19H25FN2O. The van der Waals surface area contributed by atoms with Gasteiger partial charge in [0.15, 0.2) is 0 Å². The Bertz CT molecular complexity index is 601. The van der Waals surface area contributed by atoms with Crippen molar-refractivity contribution in [3.63, 3.8) is 0 Å². The molecular weight excluding hydrogens is 291 g/mol. The highest BCUT2D eigenvalue weighted by atomic mass is 19.1. The van der Waals surface area contributed by atoms with Crippen LogP contribution in [-0.2, 0) is 11.3 Å². The van der Waals surface area contributed by atoms with Gasteiger partial charge in [0.2, 0.25) is 5.91 Å². The van der Waals surface area contributed by atoms with Gasteiger partial charge in [-0.05, 0) is 55.8 Å². The highest BCUT2D eigenvalue weighted by molar-refractivity contribution is 5.85. The average Bonchev–Trinajstić information content (AvgIpc) is 3.03. The van der Waals surface area contributed by atoms with Gasteiger partial charge in [-0.25, -0.2) is 4.39 Å². The molecule has 1 amide bonds. The fourth-order valence-corrected chi connectivity index (χ4v) is 4.43. The Balaban J connectivity index is 1.39. The molecule has 4 heteroatoms. The average molecular weight is 316 g/mol. The van der Waals surface area contributed by atoms with Crippen molar-refractivity contribution < 1.29 is 9.18 Å². The Morgan fingerprint density at radius 1 is 1.22 bits per heavy atom. The molecule has 0 N–H and O–H groups in total. The van der Waals surface area contributed by atoms with Crippen LogP contribution < -0.4 is 0 Å². The number of halogens is 1. The second-order valence-electron chi connectivity index (χ2n) is 7.67. The number of hydrogen-bond donors (Lipinski definition) is 0. The number of hydrogen-bond acceptors (Lipinski definition) is 2. The summed E-state index contributed by atoms with van der Waals surface area (Å²) in [6.45, 7) is 4.53. The molecule has 1 atom stereocenters. The first-order valence-electron chi connectivity index (χ1n) is 8.91. The number of rotatable bonds is 4. The molecule has 124 valence electrons. The van der Waals surface area contributed by atoms with Crippen molar-refractivity contribution in [1.29, 1.82) is 0 Å². The number of likely N-dealkylation sites (tertiary alicyclic amines) is 2. The lowest BCUT2D eigenvalue weighted by Crippen LogP contribution is -2.38. The molecule has 3 nitrogen and oxygen atoms in total. The van der Waals surface area contributed by atoms with Crippen molar-refractivity contribution in [2.75, 3.05) is 26.2 Å². The normalized spacial score (nSPS) is 28.7. The van der Waals surface area contributed by atoms with Gasteiger partial charge < -0.3 is 9.80 Å². The number of carbonyl (C=O) groups excluding carboxylic acids is 1. The summed E-state index contributed by atoms with van der Waals surface area (Å²) in [7, 11) is 0. The van der Waals surface area contributed by atoms with Crippen molar-refractivity contribution in [3.05, 3.63) is 35.6 Å². The van der Waals surface area contributed by atoms with Gasteiger partial charge in [0.1, 0.15) is 5.82 Å². The molecule has 1 aromatic carbocycles. The fourth-order valence-electron chi connectivity index (χ4n) is 4.43. The summed E-state index contributed by atoms with van der Waals surface area (Å²) in [6.07, 6.45) is 6.07. The molecule has 3 aliphatic rings. The van der Waals surface area contributed by atoms with Crippen LogP contribution >= 0.6 is 0 Å². The van der Waals surface area contributed by atoms with Gasteiger partial charge in [0, 0.05) is 26.2 Å². The lowest BCUT2D eigenvalue weighted by Gasteiger charge is -2.31. The zero-order chi connectivity index (χ0) is 15.9. The third-order valence-corrected chi connectivity index (χ3v) is 6.04. The molecule has 1 aromatic rings. The topological polar surface area (TPSA) is 23.6 Å². The SMILES string of the molecule is O=C1N(Cc2cccc(F)c2)CCC12CCN(CC1CCC1)C2. The Hall–Kier alpha value is -1.42. The van der Waals surface area contributed by atoms with Crippen molar-refractivity contribution in [2.24, 2.45) is 11.3 Å². The van der Waals surface area contributed by atoms with E-state index in [1.54, 1.807) is 6.07 Å². The van der Waals surface area contributed by atoms with Crippen LogP contribution in [-0.4, -0.2) is 41.9 Å². The summed E-state index contributed by atoms with van der Waals surface area (Å²) < 4.78 is 13.3. The summed E-state index contributed by atoms with van der Waals surface area (Å²) in [5, 5.41) is 0. The van der Waals surface area contributed by atoms with Gasteiger partial charge in [-0.3, -0.25) is 4.79 Å². The maximum Gasteiger partial charge on any atom is 0.230 e. The molecule has 1 unspecified atom stereocenters. The first kappa shape index (κ1) is 15.1. The van der Waals surface area contributed by atoms with Crippen molar-refractivity contribution >= 4 is 5.91 Å². The zero-order valence-corrected chi connectivity index (χ0v) is 13.6. The molecule has 1 aliphatic carbocycles. The van der Waals surface area contributed by atoms with Crippen LogP contribution in [0.2, 0.25) is 0 Å². The van der Waals surface area contributed by atoms with Gasteiger partial charge in [0.25, 0.3) is 0 Å². The van der Waals surface area contributed by atoms with Crippen LogP contribution in [0.5, 0.6) is 0 Å². The molecule has 2 saturated heterocycles. The number of nitrogens with zero attached hydrogens (tertiary/aromatic N) is 2. The molecule has 2 heterocycles. The van der Waals surface area contributed by atoms with E-state index in [0.29, 0.717) is 6.54 Å². The van der Waals surface area contributed by atoms with Crippen LogP contribution in [0.15, 0.2) is 24.3 Å². The summed E-state index contributed by atoms with van der Waals surface area (Å²) in [6, 6.07) is 6.61. The summed E-state index contributed by atoms with van der Waals surface area (Å²) in [5.41, 5.74) is 0.733. The highest BCUT2D eigenvalue weighted by Gasteiger charge is 2.50. The Kier molecular flexibility index (Phi) is 3.88. The molecule has 1 spiro atoms. The van der Waals surface area contributed by atoms with Crippen LogP contribution in [0.25, 0.3) is 0 Å². The minimum absolute atomic E-state index is 0.156. The predicted octanol–water partition coefficient (Wildman–Crippen LogP) is 3.05. The van der Waals surface area contributed by atoms with Crippen molar-refractivity contribution in [2.45, 2.75) is 38.6 Å². The molecule has 0 aromatic heterocycles. The van der Waals surface area contributed by atoms with Crippen molar-refractivity contribution in [3.8, 4) is 0 Å². The maximum absolute atomic E-state index is 13.3. The van der Waals surface area contributed by atoms with Crippen LogP contribution in [0, 0.1) is 17.2 Å². The Labute approximate surface area is 137 Å². The van der Waals surface area contributed by atoms with E-state index in [9.17, 15) is 9.18 Å². The van der Waals surface area contributed by atoms with Crippen molar-refractivity contribution in [1.82, 2.24) is 9.80 Å². The largest absolute Gasteiger partial charge is 0.338 e. The number of benzene rings is 1. The first-order valence-corrected chi connectivity index (χ1v) is 8.91. The lowest BCUT2D eigenvalue weighted by atomic mass is 9.84. The van der Waals surface area contributed by atoms with Gasteiger partial charge in [0.05, 0.1) is 5.41 Å². The second-order valence-corrected chi connectivity index (χ2v) is 7.67. The zero-order valence-electron chi connectivity index (χ0n) is 13.6. The summed E-state index contributed by atoms with van der Waals surface area (Å²) in [5.74, 6) is 0.930. The monoisotopic (exact) mass is 316 g/mol. The number of carbonyl (C=O) groups is 1. The second kappa shape index (κ2) is 5.90. The molecule has 1 saturated carbocycles. The molecule has 23 heavy (non-hydrogen) atoms. The standard InChI is InChI=1S/C19H25FN2O/c20-17-6-2-5-16(11-17)13-22-10-8-19(18(22)23)7-9-21(14-19)12-15-3-1-4-15/h2,5-6,11,15H,1,3-4,7-10,12-14H2. The van der Waals surface area contributed by atoms with Gasteiger partial charge in [-0.1, -0.05) is 18.6 Å². The predicted molar refractivity (Wildman–Crippen MR) is 87.3 cm³/mol. The van der Waals surface area contributed by atoms with E-state index in [4.69, 9.17) is 0 Å². The van der Waals surface area contributed by atoms with E-state index in [1.807, 2.05) is 11.0 Å². The van der Waals surface area contributed by atoms with E-state index in [1.165, 1.54) is 37.9 Å². The van der Waals surface area contributed by atoms with Gasteiger partial charge >= 0.3 is 0 Å². The van der Waals surface area contributed by atoms with Crippen LogP contribution in [0.3, 0.4) is 0 Å². The third-order valence-electron chi connectivity index (χ3n) is 6.04.